The van der Waals surface area contributed by atoms with Crippen molar-refractivity contribution in [1.29, 1.82) is 0 Å². The van der Waals surface area contributed by atoms with Crippen LogP contribution in [0.3, 0.4) is 0 Å². The second-order valence-corrected chi connectivity index (χ2v) is 12.1. The summed E-state index contributed by atoms with van der Waals surface area (Å²) in [6, 6.07) is 10.2. The van der Waals surface area contributed by atoms with Gasteiger partial charge in [-0.25, -0.2) is 0 Å². The van der Waals surface area contributed by atoms with E-state index in [4.69, 9.17) is 0 Å². The first-order valence-electron chi connectivity index (χ1n) is 14.7. The van der Waals surface area contributed by atoms with Crippen molar-refractivity contribution in [2.45, 2.75) is 63.3 Å². The first kappa shape index (κ1) is 29.1. The fourth-order valence-corrected chi connectivity index (χ4v) is 7.24. The van der Waals surface area contributed by atoms with E-state index in [1.54, 1.807) is 23.4 Å². The van der Waals surface area contributed by atoms with Crippen LogP contribution >= 0.6 is 0 Å². The van der Waals surface area contributed by atoms with E-state index in [0.717, 1.165) is 43.1 Å². The number of hydrogen-bond donors (Lipinski definition) is 1. The second-order valence-electron chi connectivity index (χ2n) is 12.1. The molecule has 3 heterocycles. The summed E-state index contributed by atoms with van der Waals surface area (Å²) < 4.78 is 44.8. The number of amides is 2. The Kier molecular flexibility index (Phi) is 7.40. The van der Waals surface area contributed by atoms with E-state index in [1.165, 1.54) is 11.0 Å². The number of fused-ring (bicyclic) bond motifs is 1. The molecule has 0 unspecified atom stereocenters. The van der Waals surface area contributed by atoms with Gasteiger partial charge < -0.3 is 19.7 Å². The van der Waals surface area contributed by atoms with Crippen LogP contribution in [0, 0.1) is 5.92 Å². The van der Waals surface area contributed by atoms with Gasteiger partial charge in [-0.15, -0.1) is 10.2 Å². The average molecular weight is 593 g/mol. The molecule has 8 nitrogen and oxygen atoms in total. The molecular formula is C32H35F3N6O2. The van der Waals surface area contributed by atoms with E-state index in [1.807, 2.05) is 29.8 Å². The molecule has 1 aliphatic carbocycles. The fourth-order valence-electron chi connectivity index (χ4n) is 7.24. The summed E-state index contributed by atoms with van der Waals surface area (Å²) >= 11 is 0. The predicted octanol–water partition coefficient (Wildman–Crippen LogP) is 4.98. The molecule has 1 saturated heterocycles. The smallest absolute Gasteiger partial charge is 0.335 e. The molecule has 226 valence electrons. The number of anilines is 1. The highest BCUT2D eigenvalue weighted by molar-refractivity contribution is 6.10. The molecule has 0 radical (unpaired) electrons. The number of rotatable bonds is 8. The number of nitrogens with zero attached hydrogens (tertiary/aromatic N) is 5. The molecule has 0 spiro atoms. The summed E-state index contributed by atoms with van der Waals surface area (Å²) in [6.07, 6.45) is 1.75. The van der Waals surface area contributed by atoms with E-state index >= 15 is 0 Å². The van der Waals surface area contributed by atoms with Crippen LogP contribution in [0.25, 0.3) is 0 Å². The maximum Gasteiger partial charge on any atom is 0.416 e. The molecule has 1 aromatic heterocycles. The number of aromatic nitrogens is 3. The van der Waals surface area contributed by atoms with Crippen LogP contribution in [0.1, 0.15) is 71.0 Å². The van der Waals surface area contributed by atoms with Crippen LogP contribution < -0.4 is 10.2 Å². The van der Waals surface area contributed by atoms with Crippen LogP contribution in [0.4, 0.5) is 18.9 Å². The molecular weight excluding hydrogens is 557 g/mol. The number of alkyl halides is 3. The highest BCUT2D eigenvalue weighted by Gasteiger charge is 2.48. The van der Waals surface area contributed by atoms with Crippen LogP contribution in [-0.4, -0.2) is 50.6 Å². The molecule has 2 aliphatic heterocycles. The second kappa shape index (κ2) is 10.9. The molecule has 6 rings (SSSR count). The van der Waals surface area contributed by atoms with Crippen molar-refractivity contribution >= 4 is 17.5 Å². The van der Waals surface area contributed by atoms with E-state index in [0.29, 0.717) is 30.3 Å². The van der Waals surface area contributed by atoms with Crippen molar-refractivity contribution in [3.05, 3.63) is 89.0 Å². The number of likely N-dealkylation sites (tertiary alicyclic amines) is 1. The Balaban J connectivity index is 1.26. The van der Waals surface area contributed by atoms with Crippen molar-refractivity contribution in [2.75, 3.05) is 18.0 Å². The lowest BCUT2D eigenvalue weighted by Gasteiger charge is -2.46. The van der Waals surface area contributed by atoms with Gasteiger partial charge in [-0.05, 0) is 78.6 Å². The lowest BCUT2D eigenvalue weighted by molar-refractivity contribution is -0.138. The Morgan fingerprint density at radius 3 is 2.70 bits per heavy atom. The van der Waals surface area contributed by atoms with Gasteiger partial charge in [0.1, 0.15) is 12.2 Å². The predicted molar refractivity (Wildman–Crippen MR) is 155 cm³/mol. The lowest BCUT2D eigenvalue weighted by Crippen LogP contribution is -2.43. The molecule has 11 heteroatoms. The number of halogens is 3. The molecule has 1 N–H and O–H groups in total. The summed E-state index contributed by atoms with van der Waals surface area (Å²) in [7, 11) is 1.90. The molecule has 43 heavy (non-hydrogen) atoms. The Hall–Kier alpha value is -3.99. The van der Waals surface area contributed by atoms with Gasteiger partial charge in [0.2, 0.25) is 5.91 Å². The van der Waals surface area contributed by atoms with Gasteiger partial charge in [0.05, 0.1) is 17.5 Å². The minimum absolute atomic E-state index is 0.00881. The number of hydrogen-bond acceptors (Lipinski definition) is 5. The van der Waals surface area contributed by atoms with Crippen molar-refractivity contribution in [3.63, 3.8) is 0 Å². The summed E-state index contributed by atoms with van der Waals surface area (Å²) in [5.41, 5.74) is 0.811. The number of nitrogens with one attached hydrogen (secondary N) is 1. The van der Waals surface area contributed by atoms with Crippen molar-refractivity contribution < 1.29 is 22.8 Å². The minimum Gasteiger partial charge on any atom is -0.335 e. The molecule has 1 atom stereocenters. The molecule has 3 aromatic rings. The van der Waals surface area contributed by atoms with Gasteiger partial charge in [-0.3, -0.25) is 9.59 Å². The van der Waals surface area contributed by atoms with Gasteiger partial charge in [0.25, 0.3) is 5.91 Å². The zero-order valence-corrected chi connectivity index (χ0v) is 24.3. The third kappa shape index (κ3) is 5.13. The zero-order chi connectivity index (χ0) is 30.5. The van der Waals surface area contributed by atoms with Crippen molar-refractivity contribution in [2.24, 2.45) is 13.0 Å². The van der Waals surface area contributed by atoms with Gasteiger partial charge in [0, 0.05) is 44.0 Å². The zero-order valence-electron chi connectivity index (χ0n) is 24.3. The summed E-state index contributed by atoms with van der Waals surface area (Å²) in [5.74, 6) is 0.724. The molecule has 2 fully saturated rings. The standard InChI is InChI=1S/C32H35F3N6O2/c1-4-28(42)40-10-6-9-24(40)17-36-16-21-11-25-26(27(12-21)32(33,34)35)18-41(29(25)43)23-8-5-7-22(13-23)31(14-20(2)15-31)30-38-37-19-39(30)3/h4-5,7-8,11-13,19-20,24,36H,1,6,9-10,14-18H2,2-3H3/t20?,24-,31?/m1/s1. The van der Waals surface area contributed by atoms with E-state index in [9.17, 15) is 22.8 Å². The number of carbonyl (C=O) groups excluding carboxylic acids is 2. The molecule has 0 bridgehead atoms. The number of carbonyl (C=O) groups is 2. The van der Waals surface area contributed by atoms with Gasteiger partial charge in [-0.1, -0.05) is 25.6 Å². The van der Waals surface area contributed by atoms with Crippen molar-refractivity contribution in [1.82, 2.24) is 25.0 Å². The first-order valence-corrected chi connectivity index (χ1v) is 14.7. The third-order valence-corrected chi connectivity index (χ3v) is 9.19. The number of benzene rings is 2. The topological polar surface area (TPSA) is 83.4 Å². The third-order valence-electron chi connectivity index (χ3n) is 9.19. The fraction of sp³-hybridized carbons (Fsp3) is 0.438. The summed E-state index contributed by atoms with van der Waals surface area (Å²) in [5, 5.41) is 11.7. The Morgan fingerprint density at radius 2 is 2.02 bits per heavy atom. The Morgan fingerprint density at radius 1 is 1.23 bits per heavy atom. The summed E-state index contributed by atoms with van der Waals surface area (Å²) in [4.78, 5) is 29.0. The van der Waals surface area contributed by atoms with Crippen LogP contribution in [0.2, 0.25) is 0 Å². The minimum atomic E-state index is -4.62. The van der Waals surface area contributed by atoms with Crippen LogP contribution in [-0.2, 0) is 36.5 Å². The van der Waals surface area contributed by atoms with Gasteiger partial charge in [0.15, 0.2) is 0 Å². The summed E-state index contributed by atoms with van der Waals surface area (Å²) in [6.45, 7) is 6.79. The largest absolute Gasteiger partial charge is 0.416 e. The van der Waals surface area contributed by atoms with Crippen LogP contribution in [0.15, 0.2) is 55.4 Å². The van der Waals surface area contributed by atoms with E-state index in [2.05, 4.69) is 29.0 Å². The monoisotopic (exact) mass is 592 g/mol. The van der Waals surface area contributed by atoms with Crippen molar-refractivity contribution in [3.8, 4) is 0 Å². The number of aryl methyl sites for hydroxylation is 1. The maximum atomic E-state index is 14.3. The van der Waals surface area contributed by atoms with Gasteiger partial charge in [-0.2, -0.15) is 13.2 Å². The maximum absolute atomic E-state index is 14.3. The quantitative estimate of drug-likeness (QED) is 0.374. The van der Waals surface area contributed by atoms with Gasteiger partial charge >= 0.3 is 6.18 Å². The molecule has 3 aliphatic rings. The van der Waals surface area contributed by atoms with E-state index < -0.39 is 17.6 Å². The highest BCUT2D eigenvalue weighted by atomic mass is 19.4. The molecule has 1 saturated carbocycles. The highest BCUT2D eigenvalue weighted by Crippen LogP contribution is 2.52. The molecule has 2 aromatic carbocycles. The van der Waals surface area contributed by atoms with E-state index in [-0.39, 0.29) is 41.6 Å². The first-order chi connectivity index (χ1) is 20.5. The molecule has 2 amide bonds. The Labute approximate surface area is 248 Å². The SMILES string of the molecule is C=CC(=O)N1CCC[C@@H]1CNCc1cc2c(c(C(F)(F)F)c1)CN(c1cccc(C3(c4nncn4C)CC(C)C3)c1)C2=O. The lowest BCUT2D eigenvalue weighted by atomic mass is 9.58. The average Bonchev–Trinajstić information content (AvgIpc) is 3.69. The normalized spacial score (nSPS) is 23.4. The Bertz CT molecular complexity index is 1580. The van der Waals surface area contributed by atoms with Crippen LogP contribution in [0.5, 0.6) is 0 Å².